The number of nitrogens with one attached hydrogen (secondary N) is 2. The molecule has 0 unspecified atom stereocenters. The Morgan fingerprint density at radius 3 is 2.38 bits per heavy atom. The zero-order chi connectivity index (χ0) is 21.9. The molecular formula is C17H31F3N4O4S. The molecule has 1 heterocycles. The maximum atomic E-state index is 12.6. The lowest BCUT2D eigenvalue weighted by Crippen LogP contribution is -2.45. The predicted octanol–water partition coefficient (Wildman–Crippen LogP) is 1.84. The van der Waals surface area contributed by atoms with E-state index in [1.54, 1.807) is 0 Å². The first-order chi connectivity index (χ1) is 13.6. The molecule has 1 fully saturated rings. The van der Waals surface area contributed by atoms with Gasteiger partial charge in [0.25, 0.3) is 0 Å². The quantitative estimate of drug-likeness (QED) is 0.231. The SMILES string of the molecule is CCNC(=NCC1CCN(S(=O)(=O)C(F)(F)F)CC1)NCCCCCC(=O)OC. The van der Waals surface area contributed by atoms with Crippen molar-refractivity contribution < 1.29 is 31.1 Å². The molecule has 0 aromatic rings. The molecule has 0 aromatic carbocycles. The molecular weight excluding hydrogens is 413 g/mol. The number of unbranched alkanes of at least 4 members (excludes halogenated alkanes) is 2. The number of methoxy groups -OCH3 is 1. The van der Waals surface area contributed by atoms with Crippen molar-refractivity contribution in [3.05, 3.63) is 0 Å². The normalized spacial score (nSPS) is 17.2. The number of halogens is 3. The van der Waals surface area contributed by atoms with Crippen LogP contribution in [0.5, 0.6) is 0 Å². The summed E-state index contributed by atoms with van der Waals surface area (Å²) in [6.45, 7) is 3.38. The number of alkyl halides is 3. The number of esters is 1. The number of carbonyl (C=O) groups is 1. The third-order valence-corrected chi connectivity index (χ3v) is 6.27. The smallest absolute Gasteiger partial charge is 0.469 e. The van der Waals surface area contributed by atoms with E-state index in [0.29, 0.717) is 49.2 Å². The number of carbonyl (C=O) groups excluding carboxylic acids is 1. The summed E-state index contributed by atoms with van der Waals surface area (Å²) in [6, 6.07) is 0. The fourth-order valence-corrected chi connectivity index (χ4v) is 3.90. The van der Waals surface area contributed by atoms with Gasteiger partial charge in [0.05, 0.1) is 7.11 Å². The Morgan fingerprint density at radius 2 is 1.83 bits per heavy atom. The summed E-state index contributed by atoms with van der Waals surface area (Å²) >= 11 is 0. The van der Waals surface area contributed by atoms with Gasteiger partial charge in [-0.1, -0.05) is 6.42 Å². The second kappa shape index (κ2) is 12.2. The number of piperidine rings is 1. The van der Waals surface area contributed by atoms with Crippen LogP contribution in [0.1, 0.15) is 45.4 Å². The summed E-state index contributed by atoms with van der Waals surface area (Å²) in [6.07, 6.45) is 3.55. The van der Waals surface area contributed by atoms with Crippen molar-refractivity contribution in [3.63, 3.8) is 0 Å². The first-order valence-electron chi connectivity index (χ1n) is 9.77. The number of nitrogens with zero attached hydrogens (tertiary/aromatic N) is 2. The van der Waals surface area contributed by atoms with E-state index in [9.17, 15) is 26.4 Å². The second-order valence-corrected chi connectivity index (χ2v) is 8.76. The highest BCUT2D eigenvalue weighted by Crippen LogP contribution is 2.30. The average molecular weight is 445 g/mol. The van der Waals surface area contributed by atoms with Crippen molar-refractivity contribution in [2.75, 3.05) is 39.8 Å². The van der Waals surface area contributed by atoms with Crippen LogP contribution < -0.4 is 10.6 Å². The molecule has 12 heteroatoms. The molecule has 0 saturated carbocycles. The molecule has 170 valence electrons. The van der Waals surface area contributed by atoms with E-state index in [-0.39, 0.29) is 25.0 Å². The van der Waals surface area contributed by atoms with E-state index in [2.05, 4.69) is 20.4 Å². The van der Waals surface area contributed by atoms with Gasteiger partial charge in [0.15, 0.2) is 5.96 Å². The Bertz CT molecular complexity index is 633. The first kappa shape index (κ1) is 25.5. The number of guanidine groups is 1. The molecule has 1 aliphatic rings. The van der Waals surface area contributed by atoms with Gasteiger partial charge in [-0.25, -0.2) is 8.42 Å². The summed E-state index contributed by atoms with van der Waals surface area (Å²) in [4.78, 5) is 15.5. The maximum absolute atomic E-state index is 12.6. The lowest BCUT2D eigenvalue weighted by Gasteiger charge is -2.30. The molecule has 29 heavy (non-hydrogen) atoms. The molecule has 0 aromatic heterocycles. The van der Waals surface area contributed by atoms with Gasteiger partial charge in [-0.2, -0.15) is 17.5 Å². The van der Waals surface area contributed by atoms with Crippen LogP contribution in [0.3, 0.4) is 0 Å². The molecule has 0 bridgehead atoms. The molecule has 1 saturated heterocycles. The standard InChI is InChI=1S/C17H31F3N4O4S/c1-3-21-16(22-10-6-4-5-7-15(25)28-2)23-13-14-8-11-24(12-9-14)29(26,27)17(18,19)20/h14H,3-13H2,1-2H3,(H2,21,22,23). The van der Waals surface area contributed by atoms with Crippen LogP contribution >= 0.6 is 0 Å². The van der Waals surface area contributed by atoms with Crippen LogP contribution in [0.15, 0.2) is 4.99 Å². The van der Waals surface area contributed by atoms with Crippen molar-refractivity contribution in [2.45, 2.75) is 51.0 Å². The average Bonchev–Trinajstić information content (AvgIpc) is 2.67. The lowest BCUT2D eigenvalue weighted by atomic mass is 9.98. The number of hydrogen-bond acceptors (Lipinski definition) is 5. The molecule has 0 radical (unpaired) electrons. The minimum absolute atomic E-state index is 0.0326. The molecule has 0 atom stereocenters. The number of hydrogen-bond donors (Lipinski definition) is 2. The Morgan fingerprint density at radius 1 is 1.17 bits per heavy atom. The number of aliphatic imine (C=N–C) groups is 1. The molecule has 0 spiro atoms. The molecule has 1 aliphatic heterocycles. The van der Waals surface area contributed by atoms with Gasteiger partial charge in [0.1, 0.15) is 0 Å². The van der Waals surface area contributed by atoms with Crippen LogP contribution in [0.25, 0.3) is 0 Å². The largest absolute Gasteiger partial charge is 0.511 e. The molecule has 1 rings (SSSR count). The summed E-state index contributed by atoms with van der Waals surface area (Å²) in [7, 11) is -3.88. The van der Waals surface area contributed by atoms with Gasteiger partial charge in [-0.3, -0.25) is 9.79 Å². The van der Waals surface area contributed by atoms with Gasteiger partial charge < -0.3 is 15.4 Å². The Balaban J connectivity index is 2.38. The highest BCUT2D eigenvalue weighted by atomic mass is 32.2. The minimum Gasteiger partial charge on any atom is -0.469 e. The molecule has 2 N–H and O–H groups in total. The summed E-state index contributed by atoms with van der Waals surface area (Å²) < 4.78 is 65.8. The summed E-state index contributed by atoms with van der Waals surface area (Å²) in [5.74, 6) is 0.429. The predicted molar refractivity (Wildman–Crippen MR) is 104 cm³/mol. The third-order valence-electron chi connectivity index (χ3n) is 4.64. The topological polar surface area (TPSA) is 100 Å². The highest BCUT2D eigenvalue weighted by Gasteiger charge is 2.50. The summed E-state index contributed by atoms with van der Waals surface area (Å²) in [5, 5.41) is 6.29. The van der Waals surface area contributed by atoms with Gasteiger partial charge in [-0.15, -0.1) is 0 Å². The van der Waals surface area contributed by atoms with Crippen LogP contribution in [0, 0.1) is 5.92 Å². The number of rotatable bonds is 10. The molecule has 0 aliphatic carbocycles. The first-order valence-corrected chi connectivity index (χ1v) is 11.2. The van der Waals surface area contributed by atoms with Crippen molar-refractivity contribution in [1.29, 1.82) is 0 Å². The number of sulfonamides is 1. The maximum Gasteiger partial charge on any atom is 0.511 e. The van der Waals surface area contributed by atoms with E-state index in [4.69, 9.17) is 0 Å². The van der Waals surface area contributed by atoms with E-state index >= 15 is 0 Å². The monoisotopic (exact) mass is 444 g/mol. The van der Waals surface area contributed by atoms with E-state index in [1.807, 2.05) is 6.92 Å². The molecule has 8 nitrogen and oxygen atoms in total. The zero-order valence-electron chi connectivity index (χ0n) is 16.9. The van der Waals surface area contributed by atoms with Crippen molar-refractivity contribution in [1.82, 2.24) is 14.9 Å². The van der Waals surface area contributed by atoms with Crippen LogP contribution in [0.4, 0.5) is 13.2 Å². The van der Waals surface area contributed by atoms with E-state index in [1.165, 1.54) is 7.11 Å². The highest BCUT2D eigenvalue weighted by molar-refractivity contribution is 7.90. The van der Waals surface area contributed by atoms with Gasteiger partial charge in [0, 0.05) is 39.1 Å². The van der Waals surface area contributed by atoms with E-state index < -0.39 is 15.5 Å². The van der Waals surface area contributed by atoms with Crippen molar-refractivity contribution >= 4 is 22.0 Å². The Hall–Kier alpha value is -1.56. The van der Waals surface area contributed by atoms with Crippen LogP contribution in [-0.4, -0.2) is 70.0 Å². The molecule has 0 amide bonds. The lowest BCUT2D eigenvalue weighted by molar-refractivity contribution is -0.140. The Kier molecular flexibility index (Phi) is 10.7. The number of ether oxygens (including phenoxy) is 1. The van der Waals surface area contributed by atoms with Gasteiger partial charge >= 0.3 is 21.5 Å². The van der Waals surface area contributed by atoms with Gasteiger partial charge in [-0.05, 0) is 38.5 Å². The zero-order valence-corrected chi connectivity index (χ0v) is 17.7. The minimum atomic E-state index is -5.25. The van der Waals surface area contributed by atoms with Crippen LogP contribution in [-0.2, 0) is 19.6 Å². The van der Waals surface area contributed by atoms with E-state index in [0.717, 1.165) is 19.3 Å². The summed E-state index contributed by atoms with van der Waals surface area (Å²) in [5.41, 5.74) is -5.25. The fourth-order valence-electron chi connectivity index (χ4n) is 2.92. The Labute approximate surface area is 170 Å². The van der Waals surface area contributed by atoms with Crippen LogP contribution in [0.2, 0.25) is 0 Å². The van der Waals surface area contributed by atoms with Crippen molar-refractivity contribution in [2.24, 2.45) is 10.9 Å². The van der Waals surface area contributed by atoms with Crippen molar-refractivity contribution in [3.8, 4) is 0 Å². The second-order valence-electron chi connectivity index (χ2n) is 6.83. The third kappa shape index (κ3) is 8.77. The van der Waals surface area contributed by atoms with Gasteiger partial charge in [0.2, 0.25) is 0 Å². The fraction of sp³-hybridized carbons (Fsp3) is 0.882.